The van der Waals surface area contributed by atoms with Gasteiger partial charge in [-0.2, -0.15) is 10.4 Å². The van der Waals surface area contributed by atoms with E-state index in [1.54, 1.807) is 0 Å². The van der Waals surface area contributed by atoms with Crippen molar-refractivity contribution in [1.29, 1.82) is 5.26 Å². The Kier molecular flexibility index (Phi) is 4.71. The van der Waals surface area contributed by atoms with E-state index in [-0.39, 0.29) is 0 Å². The maximum atomic E-state index is 8.66. The average Bonchev–Trinajstić information content (AvgIpc) is 2.87. The van der Waals surface area contributed by atoms with Crippen LogP contribution in [0, 0.1) is 11.3 Å². The van der Waals surface area contributed by atoms with Gasteiger partial charge in [0.05, 0.1) is 24.7 Å². The molecule has 98 valence electrons. The minimum absolute atomic E-state index is 0.483. The van der Waals surface area contributed by atoms with E-state index in [9.17, 15) is 0 Å². The van der Waals surface area contributed by atoms with E-state index in [1.807, 2.05) is 29.1 Å². The van der Waals surface area contributed by atoms with Crippen LogP contribution in [-0.4, -0.2) is 16.3 Å². The Balaban J connectivity index is 2.29. The molecule has 0 aliphatic carbocycles. The first-order valence-electron chi connectivity index (χ1n) is 6.54. The molecule has 0 amide bonds. The molecule has 0 saturated heterocycles. The van der Waals surface area contributed by atoms with Crippen LogP contribution in [0.1, 0.15) is 18.9 Å². The van der Waals surface area contributed by atoms with Crippen molar-refractivity contribution >= 4 is 0 Å². The molecule has 1 aromatic carbocycles. The Morgan fingerprint density at radius 3 is 2.79 bits per heavy atom. The second-order valence-electron chi connectivity index (χ2n) is 4.32. The highest BCUT2D eigenvalue weighted by molar-refractivity contribution is 5.62. The molecule has 0 atom stereocenters. The molecule has 1 heterocycles. The summed E-state index contributed by atoms with van der Waals surface area (Å²) in [6.45, 7) is 4.45. The highest BCUT2D eigenvalue weighted by Gasteiger charge is 2.10. The van der Waals surface area contributed by atoms with E-state index in [2.05, 4.69) is 35.5 Å². The van der Waals surface area contributed by atoms with Crippen molar-refractivity contribution in [2.24, 2.45) is 0 Å². The normalized spacial score (nSPS) is 10.3. The number of hydrogen-bond donors (Lipinski definition) is 1. The second-order valence-corrected chi connectivity index (χ2v) is 4.32. The Labute approximate surface area is 113 Å². The van der Waals surface area contributed by atoms with E-state index in [1.165, 1.54) is 5.56 Å². The van der Waals surface area contributed by atoms with Crippen LogP contribution in [0.3, 0.4) is 0 Å². The number of hydrogen-bond acceptors (Lipinski definition) is 3. The van der Waals surface area contributed by atoms with Crippen LogP contribution in [0.25, 0.3) is 11.3 Å². The summed E-state index contributed by atoms with van der Waals surface area (Å²) >= 11 is 0. The molecular weight excluding hydrogens is 236 g/mol. The van der Waals surface area contributed by atoms with E-state index < -0.39 is 0 Å². The molecule has 2 aromatic rings. The van der Waals surface area contributed by atoms with Gasteiger partial charge in [-0.3, -0.25) is 4.68 Å². The zero-order chi connectivity index (χ0) is 13.5. The molecule has 19 heavy (non-hydrogen) atoms. The third kappa shape index (κ3) is 3.43. The van der Waals surface area contributed by atoms with Gasteiger partial charge < -0.3 is 5.32 Å². The van der Waals surface area contributed by atoms with Crippen molar-refractivity contribution in [3.05, 3.63) is 42.1 Å². The topological polar surface area (TPSA) is 53.6 Å². The van der Waals surface area contributed by atoms with Crippen LogP contribution in [-0.2, 0) is 13.1 Å². The van der Waals surface area contributed by atoms with Crippen LogP contribution >= 0.6 is 0 Å². The molecule has 4 nitrogen and oxygen atoms in total. The van der Waals surface area contributed by atoms with E-state index in [0.29, 0.717) is 13.0 Å². The van der Waals surface area contributed by atoms with Crippen LogP contribution < -0.4 is 5.32 Å². The maximum Gasteiger partial charge on any atom is 0.0968 e. The monoisotopic (exact) mass is 254 g/mol. The molecule has 4 heteroatoms. The Morgan fingerprint density at radius 1 is 1.32 bits per heavy atom. The molecule has 0 spiro atoms. The van der Waals surface area contributed by atoms with E-state index in [4.69, 9.17) is 5.26 Å². The number of rotatable bonds is 6. The summed E-state index contributed by atoms with van der Waals surface area (Å²) in [6.07, 6.45) is 2.51. The van der Waals surface area contributed by atoms with Gasteiger partial charge in [-0.15, -0.1) is 0 Å². The number of nitrogens with zero attached hydrogens (tertiary/aromatic N) is 3. The molecule has 0 radical (unpaired) electrons. The van der Waals surface area contributed by atoms with Gasteiger partial charge in [0.1, 0.15) is 0 Å². The minimum atomic E-state index is 0.483. The molecule has 1 N–H and O–H groups in total. The summed E-state index contributed by atoms with van der Waals surface area (Å²) < 4.78 is 1.86. The average molecular weight is 254 g/mol. The lowest BCUT2D eigenvalue weighted by Gasteiger charge is -2.02. The number of aromatic nitrogens is 2. The van der Waals surface area contributed by atoms with Gasteiger partial charge in [0, 0.05) is 23.9 Å². The first-order valence-corrected chi connectivity index (χ1v) is 6.54. The Bertz CT molecular complexity index is 551. The highest BCUT2D eigenvalue weighted by atomic mass is 15.3. The molecule has 0 saturated carbocycles. The molecule has 1 aromatic heterocycles. The fourth-order valence-electron chi connectivity index (χ4n) is 1.97. The van der Waals surface area contributed by atoms with Crippen molar-refractivity contribution in [2.45, 2.75) is 26.4 Å². The first-order chi connectivity index (χ1) is 9.35. The smallest absolute Gasteiger partial charge is 0.0968 e. The zero-order valence-corrected chi connectivity index (χ0v) is 11.1. The molecule has 0 aliphatic heterocycles. The zero-order valence-electron chi connectivity index (χ0n) is 11.1. The quantitative estimate of drug-likeness (QED) is 0.862. The van der Waals surface area contributed by atoms with Crippen molar-refractivity contribution in [2.75, 3.05) is 6.54 Å². The highest BCUT2D eigenvalue weighted by Crippen LogP contribution is 2.21. The number of nitrogens with one attached hydrogen (secondary N) is 1. The molecule has 0 aliphatic rings. The van der Waals surface area contributed by atoms with E-state index in [0.717, 1.165) is 24.3 Å². The van der Waals surface area contributed by atoms with Crippen LogP contribution in [0.15, 0.2) is 36.5 Å². The number of nitriles is 1. The predicted octanol–water partition coefficient (Wildman–Crippen LogP) is 2.57. The summed E-state index contributed by atoms with van der Waals surface area (Å²) in [5.74, 6) is 0. The standard InChI is InChI=1S/C15H18N4/c1-2-17-11-14-12-19(10-6-9-16)18-15(14)13-7-4-3-5-8-13/h3-5,7-8,12,17H,2,6,10-11H2,1H3. The van der Waals surface area contributed by atoms with Crippen molar-refractivity contribution < 1.29 is 0 Å². The Morgan fingerprint density at radius 2 is 2.11 bits per heavy atom. The third-order valence-corrected chi connectivity index (χ3v) is 2.90. The lowest BCUT2D eigenvalue weighted by molar-refractivity contribution is 0.627. The Hall–Kier alpha value is -2.12. The van der Waals surface area contributed by atoms with Gasteiger partial charge >= 0.3 is 0 Å². The van der Waals surface area contributed by atoms with Crippen LogP contribution in [0.5, 0.6) is 0 Å². The summed E-state index contributed by atoms with van der Waals surface area (Å²) in [5, 5.41) is 16.6. The summed E-state index contributed by atoms with van der Waals surface area (Å²) in [6, 6.07) is 12.3. The first kappa shape index (κ1) is 13.3. The van der Waals surface area contributed by atoms with Crippen molar-refractivity contribution in [1.82, 2.24) is 15.1 Å². The second kappa shape index (κ2) is 6.72. The fraction of sp³-hybridized carbons (Fsp3) is 0.333. The lowest BCUT2D eigenvalue weighted by Crippen LogP contribution is -2.11. The molecule has 0 fully saturated rings. The van der Waals surface area contributed by atoms with Gasteiger partial charge in [0.15, 0.2) is 0 Å². The minimum Gasteiger partial charge on any atom is -0.313 e. The van der Waals surface area contributed by atoms with Crippen molar-refractivity contribution in [3.63, 3.8) is 0 Å². The molecular formula is C15H18N4. The predicted molar refractivity (Wildman–Crippen MR) is 75.3 cm³/mol. The van der Waals surface area contributed by atoms with Gasteiger partial charge in [0.25, 0.3) is 0 Å². The SMILES string of the molecule is CCNCc1cn(CCC#N)nc1-c1ccccc1. The van der Waals surface area contributed by atoms with Crippen LogP contribution in [0.2, 0.25) is 0 Å². The van der Waals surface area contributed by atoms with E-state index >= 15 is 0 Å². The van der Waals surface area contributed by atoms with Gasteiger partial charge in [-0.05, 0) is 6.54 Å². The number of benzene rings is 1. The van der Waals surface area contributed by atoms with Gasteiger partial charge in [-0.1, -0.05) is 37.3 Å². The number of aryl methyl sites for hydroxylation is 1. The van der Waals surface area contributed by atoms with Gasteiger partial charge in [0.2, 0.25) is 0 Å². The third-order valence-electron chi connectivity index (χ3n) is 2.90. The summed E-state index contributed by atoms with van der Waals surface area (Å²) in [4.78, 5) is 0. The van der Waals surface area contributed by atoms with Crippen LogP contribution in [0.4, 0.5) is 0 Å². The fourth-order valence-corrected chi connectivity index (χ4v) is 1.97. The summed E-state index contributed by atoms with van der Waals surface area (Å²) in [7, 11) is 0. The maximum absolute atomic E-state index is 8.66. The lowest BCUT2D eigenvalue weighted by atomic mass is 10.1. The largest absolute Gasteiger partial charge is 0.313 e. The van der Waals surface area contributed by atoms with Crippen molar-refractivity contribution in [3.8, 4) is 17.3 Å². The molecule has 2 rings (SSSR count). The molecule has 0 bridgehead atoms. The summed E-state index contributed by atoms with van der Waals surface area (Å²) in [5.41, 5.74) is 3.29. The molecule has 0 unspecified atom stereocenters. The van der Waals surface area contributed by atoms with Gasteiger partial charge in [-0.25, -0.2) is 0 Å².